The molecule has 0 fully saturated rings. The molecule has 0 heterocycles. The maximum absolute atomic E-state index is 9.57. The molecule has 0 atom stereocenters. The fourth-order valence-electron chi connectivity index (χ4n) is 0. The quantitative estimate of drug-likeness (QED) is 0.327. The Morgan fingerprint density at radius 3 is 1.71 bits per heavy atom. The summed E-state index contributed by atoms with van der Waals surface area (Å²) in [5.41, 5.74) is 0. The van der Waals surface area contributed by atoms with Crippen LogP contribution in [0.5, 0.6) is 0 Å². The third-order valence-electron chi connectivity index (χ3n) is 0.166. The number of halogens is 2. The average Bonchev–Trinajstić information content (AvgIpc) is 1.38. The summed E-state index contributed by atoms with van der Waals surface area (Å²) < 4.78 is 4.03. The molecule has 0 unspecified atom stereocenters. The van der Waals surface area contributed by atoms with Crippen LogP contribution in [-0.4, -0.2) is 22.6 Å². The minimum atomic E-state index is -0.282. The van der Waals surface area contributed by atoms with Crippen LogP contribution in [0, 0.1) is 0 Å². The summed E-state index contributed by atoms with van der Waals surface area (Å²) >= 11 is 1.84. The van der Waals surface area contributed by atoms with Gasteiger partial charge in [0.25, 0.3) is 0 Å². The van der Waals surface area contributed by atoms with Gasteiger partial charge in [0, 0.05) is 0 Å². The molecule has 0 aliphatic carbocycles. The van der Waals surface area contributed by atoms with Gasteiger partial charge in [-0.25, -0.2) is 0 Å². The molecule has 0 radical (unpaired) electrons. The van der Waals surface area contributed by atoms with Crippen molar-refractivity contribution in [2.75, 3.05) is 0 Å². The van der Waals surface area contributed by atoms with Crippen molar-refractivity contribution in [3.05, 3.63) is 0 Å². The second kappa shape index (κ2) is 9.77. The standard InChI is InChI=1S/C2H4O2.Al.2ClH/c1-2(3)4;;;/h1H3,(H,3,4);;2*1H/q;+3;;/p-3. The van der Waals surface area contributed by atoms with E-state index in [9.17, 15) is 4.79 Å². The van der Waals surface area contributed by atoms with E-state index < -0.39 is 0 Å². The molecule has 0 saturated heterocycles. The van der Waals surface area contributed by atoms with Crippen molar-refractivity contribution in [1.82, 2.24) is 0 Å². The predicted molar refractivity (Wildman–Crippen MR) is 17.5 cm³/mol. The largest absolute Gasteiger partial charge is 1.00 e. The minimum absolute atomic E-state index is 0. The predicted octanol–water partition coefficient (Wildman–Crippen LogP) is -6.36. The second-order valence-corrected chi connectivity index (χ2v) is 0.845. The van der Waals surface area contributed by atoms with E-state index in [1.165, 1.54) is 6.92 Å². The molecule has 0 spiro atoms. The van der Waals surface area contributed by atoms with E-state index in [4.69, 9.17) is 0 Å². The van der Waals surface area contributed by atoms with Gasteiger partial charge in [-0.2, -0.15) is 0 Å². The SMILES string of the molecule is CC(=O)[O][Al+2].[Cl-].[Cl-]. The van der Waals surface area contributed by atoms with Crippen LogP contribution in [0.25, 0.3) is 0 Å². The number of carbonyl (C=O) groups is 1. The van der Waals surface area contributed by atoms with Gasteiger partial charge in [-0.3, -0.25) is 0 Å². The molecule has 0 rings (SSSR count). The number of rotatable bonds is 0. The van der Waals surface area contributed by atoms with Crippen molar-refractivity contribution in [2.24, 2.45) is 0 Å². The van der Waals surface area contributed by atoms with Crippen LogP contribution in [0.15, 0.2) is 0 Å². The molecule has 0 N–H and O–H groups in total. The Hall–Kier alpha value is 0.582. The summed E-state index contributed by atoms with van der Waals surface area (Å²) in [7, 11) is 0. The maximum atomic E-state index is 9.57. The van der Waals surface area contributed by atoms with Crippen molar-refractivity contribution < 1.29 is 33.4 Å². The summed E-state index contributed by atoms with van der Waals surface area (Å²) in [5.74, 6) is -0.282. The van der Waals surface area contributed by atoms with Crippen LogP contribution < -0.4 is 24.8 Å². The summed E-state index contributed by atoms with van der Waals surface area (Å²) in [6, 6.07) is 0. The molecule has 0 aromatic heterocycles. The molecule has 40 valence electrons. The van der Waals surface area contributed by atoms with Crippen molar-refractivity contribution in [3.63, 3.8) is 0 Å². The van der Waals surface area contributed by atoms with Crippen LogP contribution in [-0.2, 0) is 8.58 Å². The Morgan fingerprint density at radius 2 is 1.71 bits per heavy atom. The first kappa shape index (κ1) is 15.6. The van der Waals surface area contributed by atoms with Gasteiger partial charge >= 0.3 is 38.1 Å². The van der Waals surface area contributed by atoms with E-state index in [0.717, 1.165) is 0 Å². The molecule has 5 heteroatoms. The monoisotopic (exact) mass is 156 g/mol. The van der Waals surface area contributed by atoms with Crippen molar-refractivity contribution in [1.29, 1.82) is 0 Å². The summed E-state index contributed by atoms with van der Waals surface area (Å²) in [4.78, 5) is 9.57. The third kappa shape index (κ3) is 20.7. The first-order chi connectivity index (χ1) is 2.27. The topological polar surface area (TPSA) is 26.3 Å². The van der Waals surface area contributed by atoms with E-state index in [1.807, 2.05) is 16.6 Å². The van der Waals surface area contributed by atoms with E-state index in [-0.39, 0.29) is 30.8 Å². The zero-order chi connectivity index (χ0) is 4.28. The molecule has 0 bridgehead atoms. The molecular weight excluding hydrogens is 154 g/mol. The Kier molecular flexibility index (Phi) is 21.8. The fraction of sp³-hybridized carbons (Fsp3) is 0.500. The first-order valence-corrected chi connectivity index (χ1v) is 1.62. The van der Waals surface area contributed by atoms with Gasteiger partial charge < -0.3 is 24.8 Å². The molecule has 0 aliphatic heterocycles. The zero-order valence-corrected chi connectivity index (χ0v) is 6.32. The smallest absolute Gasteiger partial charge is 1.00 e. The van der Waals surface area contributed by atoms with E-state index in [2.05, 4.69) is 3.79 Å². The Morgan fingerprint density at radius 1 is 1.57 bits per heavy atom. The van der Waals surface area contributed by atoms with Gasteiger partial charge in [0.15, 0.2) is 0 Å². The molecule has 0 saturated carbocycles. The van der Waals surface area contributed by atoms with Gasteiger partial charge in [0.2, 0.25) is 0 Å². The van der Waals surface area contributed by atoms with Crippen molar-refractivity contribution >= 4 is 22.6 Å². The maximum Gasteiger partial charge on any atom is -1.00 e. The summed E-state index contributed by atoms with van der Waals surface area (Å²) in [5, 5.41) is 0. The molecular formula is C2H3AlCl2O2. The molecule has 0 amide bonds. The zero-order valence-electron chi connectivity index (χ0n) is 3.65. The van der Waals surface area contributed by atoms with Crippen LogP contribution >= 0.6 is 0 Å². The van der Waals surface area contributed by atoms with Gasteiger partial charge in [0.05, 0.1) is 0 Å². The minimum Gasteiger partial charge on any atom is -1.00 e. The molecule has 7 heavy (non-hydrogen) atoms. The number of hydrogen-bond donors (Lipinski definition) is 0. The summed E-state index contributed by atoms with van der Waals surface area (Å²) in [6.07, 6.45) is 0. The van der Waals surface area contributed by atoms with E-state index >= 15 is 0 Å². The van der Waals surface area contributed by atoms with Crippen LogP contribution in [0.1, 0.15) is 6.92 Å². The Balaban J connectivity index is -0.0000000800. The van der Waals surface area contributed by atoms with Crippen LogP contribution in [0.2, 0.25) is 0 Å². The number of hydrogen-bond acceptors (Lipinski definition) is 2. The van der Waals surface area contributed by atoms with E-state index in [1.54, 1.807) is 0 Å². The number of carbonyl (C=O) groups excluding carboxylic acids is 1. The average molecular weight is 157 g/mol. The van der Waals surface area contributed by atoms with E-state index in [0.29, 0.717) is 0 Å². The van der Waals surface area contributed by atoms with Gasteiger partial charge in [-0.05, 0) is 0 Å². The van der Waals surface area contributed by atoms with Crippen molar-refractivity contribution in [3.8, 4) is 0 Å². The van der Waals surface area contributed by atoms with Gasteiger partial charge in [-0.1, -0.05) is 0 Å². The van der Waals surface area contributed by atoms with Crippen molar-refractivity contribution in [2.45, 2.75) is 6.92 Å². The summed E-state index contributed by atoms with van der Waals surface area (Å²) in [6.45, 7) is 1.34. The fourth-order valence-corrected chi connectivity index (χ4v) is 0. The second-order valence-electron chi connectivity index (χ2n) is 0.609. The Labute approximate surface area is 63.2 Å². The van der Waals surface area contributed by atoms with Gasteiger partial charge in [0.1, 0.15) is 0 Å². The molecule has 0 aromatic carbocycles. The Bertz CT molecular complexity index is 49.0. The molecule has 0 aromatic rings. The van der Waals surface area contributed by atoms with Crippen LogP contribution in [0.3, 0.4) is 0 Å². The third-order valence-corrected chi connectivity index (χ3v) is 0.498. The normalized spacial score (nSPS) is 5.00. The van der Waals surface area contributed by atoms with Crippen LogP contribution in [0.4, 0.5) is 0 Å². The first-order valence-electron chi connectivity index (χ1n) is 1.14. The molecule has 2 nitrogen and oxygen atoms in total. The molecule has 0 aliphatic rings. The van der Waals surface area contributed by atoms with Gasteiger partial charge in [-0.15, -0.1) is 0 Å².